The molecule has 1 heterocycles. The van der Waals surface area contributed by atoms with Crippen molar-refractivity contribution in [2.75, 3.05) is 12.8 Å². The van der Waals surface area contributed by atoms with Gasteiger partial charge in [0.25, 0.3) is 5.91 Å². The van der Waals surface area contributed by atoms with E-state index in [1.165, 1.54) is 0 Å². The Morgan fingerprint density at radius 2 is 2.21 bits per heavy atom. The van der Waals surface area contributed by atoms with Crippen LogP contribution >= 0.6 is 11.6 Å². The zero-order valence-electron chi connectivity index (χ0n) is 10.8. The van der Waals surface area contributed by atoms with Crippen LogP contribution < -0.4 is 5.73 Å². The molecule has 19 heavy (non-hydrogen) atoms. The second kappa shape index (κ2) is 5.32. The highest BCUT2D eigenvalue weighted by Crippen LogP contribution is 2.18. The van der Waals surface area contributed by atoms with Crippen molar-refractivity contribution in [1.29, 1.82) is 0 Å². The number of carbonyl (C=O) groups is 1. The SMILES string of the molecule is CN(Cc1nccn1C)C(=O)c1cc(N)cc(Cl)c1. The molecular weight excluding hydrogens is 264 g/mol. The number of aryl methyl sites for hydroxylation is 1. The first-order valence-electron chi connectivity index (χ1n) is 5.75. The third kappa shape index (κ3) is 3.06. The lowest BCUT2D eigenvalue weighted by Crippen LogP contribution is -2.27. The molecule has 0 fully saturated rings. The van der Waals surface area contributed by atoms with Crippen molar-refractivity contribution in [3.63, 3.8) is 0 Å². The van der Waals surface area contributed by atoms with Crippen LogP contribution in [0.5, 0.6) is 0 Å². The van der Waals surface area contributed by atoms with E-state index in [9.17, 15) is 4.79 Å². The van der Waals surface area contributed by atoms with Crippen molar-refractivity contribution >= 4 is 23.2 Å². The molecule has 0 radical (unpaired) electrons. The molecule has 2 rings (SSSR count). The van der Waals surface area contributed by atoms with Gasteiger partial charge >= 0.3 is 0 Å². The first-order chi connectivity index (χ1) is 8.97. The van der Waals surface area contributed by atoms with Gasteiger partial charge in [-0.1, -0.05) is 11.6 Å². The summed E-state index contributed by atoms with van der Waals surface area (Å²) in [6, 6.07) is 4.83. The van der Waals surface area contributed by atoms with Gasteiger partial charge in [-0.25, -0.2) is 4.98 Å². The van der Waals surface area contributed by atoms with Crippen LogP contribution in [-0.2, 0) is 13.6 Å². The molecule has 0 aliphatic rings. The van der Waals surface area contributed by atoms with E-state index < -0.39 is 0 Å². The largest absolute Gasteiger partial charge is 0.399 e. The summed E-state index contributed by atoms with van der Waals surface area (Å²) >= 11 is 5.90. The highest BCUT2D eigenvalue weighted by atomic mass is 35.5. The molecule has 100 valence electrons. The van der Waals surface area contributed by atoms with Gasteiger partial charge in [-0.15, -0.1) is 0 Å². The number of nitrogens with two attached hydrogens (primary N) is 1. The molecule has 0 saturated carbocycles. The quantitative estimate of drug-likeness (QED) is 0.873. The highest BCUT2D eigenvalue weighted by Gasteiger charge is 2.14. The molecule has 0 saturated heterocycles. The van der Waals surface area contributed by atoms with E-state index in [1.807, 2.05) is 17.8 Å². The molecule has 0 bridgehead atoms. The number of anilines is 1. The Morgan fingerprint density at radius 1 is 1.47 bits per heavy atom. The van der Waals surface area contributed by atoms with Crippen molar-refractivity contribution in [3.05, 3.63) is 47.0 Å². The Hall–Kier alpha value is -2.01. The molecule has 1 aromatic carbocycles. The van der Waals surface area contributed by atoms with E-state index >= 15 is 0 Å². The number of rotatable bonds is 3. The second-order valence-corrected chi connectivity index (χ2v) is 4.83. The molecule has 0 aliphatic carbocycles. The van der Waals surface area contributed by atoms with Crippen LogP contribution in [0.15, 0.2) is 30.6 Å². The second-order valence-electron chi connectivity index (χ2n) is 4.39. The predicted molar refractivity (Wildman–Crippen MR) is 74.9 cm³/mol. The number of hydrogen-bond acceptors (Lipinski definition) is 3. The van der Waals surface area contributed by atoms with E-state index in [-0.39, 0.29) is 5.91 Å². The fraction of sp³-hybridized carbons (Fsp3) is 0.231. The van der Waals surface area contributed by atoms with E-state index in [0.29, 0.717) is 22.8 Å². The van der Waals surface area contributed by atoms with Gasteiger partial charge in [-0.05, 0) is 18.2 Å². The van der Waals surface area contributed by atoms with E-state index in [1.54, 1.807) is 36.3 Å². The van der Waals surface area contributed by atoms with Crippen LogP contribution in [0.1, 0.15) is 16.2 Å². The molecule has 0 aliphatic heterocycles. The standard InChI is InChI=1S/C13H15ClN4O/c1-17-4-3-16-12(17)8-18(2)13(19)9-5-10(14)7-11(15)6-9/h3-7H,8,15H2,1-2H3. The molecular formula is C13H15ClN4O. The van der Waals surface area contributed by atoms with Crippen molar-refractivity contribution in [1.82, 2.24) is 14.5 Å². The van der Waals surface area contributed by atoms with E-state index in [2.05, 4.69) is 4.98 Å². The summed E-state index contributed by atoms with van der Waals surface area (Å²) in [6.45, 7) is 0.425. The molecule has 0 spiro atoms. The molecule has 1 aromatic heterocycles. The van der Waals surface area contributed by atoms with Crippen molar-refractivity contribution in [2.24, 2.45) is 7.05 Å². The van der Waals surface area contributed by atoms with Gasteiger partial charge in [0.15, 0.2) is 0 Å². The van der Waals surface area contributed by atoms with Gasteiger partial charge in [-0.3, -0.25) is 4.79 Å². The Labute approximate surface area is 116 Å². The van der Waals surface area contributed by atoms with Crippen LogP contribution in [0, 0.1) is 0 Å². The van der Waals surface area contributed by atoms with Gasteiger partial charge in [-0.2, -0.15) is 0 Å². The summed E-state index contributed by atoms with van der Waals surface area (Å²) in [5.41, 5.74) is 6.63. The molecule has 1 amide bonds. The number of aromatic nitrogens is 2. The molecule has 2 aromatic rings. The van der Waals surface area contributed by atoms with Crippen LogP contribution in [0.25, 0.3) is 0 Å². The highest BCUT2D eigenvalue weighted by molar-refractivity contribution is 6.31. The van der Waals surface area contributed by atoms with Crippen LogP contribution in [0.2, 0.25) is 5.02 Å². The third-order valence-electron chi connectivity index (χ3n) is 2.81. The van der Waals surface area contributed by atoms with E-state index in [0.717, 1.165) is 5.82 Å². The topological polar surface area (TPSA) is 64.2 Å². The Bertz CT molecular complexity index is 588. The Morgan fingerprint density at radius 3 is 2.79 bits per heavy atom. The molecule has 0 atom stereocenters. The van der Waals surface area contributed by atoms with Gasteiger partial charge < -0.3 is 15.2 Å². The average Bonchev–Trinajstić information content (AvgIpc) is 2.72. The minimum absolute atomic E-state index is 0.141. The minimum Gasteiger partial charge on any atom is -0.399 e. The van der Waals surface area contributed by atoms with Gasteiger partial charge in [0.2, 0.25) is 0 Å². The molecule has 0 unspecified atom stereocenters. The fourth-order valence-electron chi connectivity index (χ4n) is 1.79. The number of benzene rings is 1. The maximum Gasteiger partial charge on any atom is 0.254 e. The molecule has 5 nitrogen and oxygen atoms in total. The minimum atomic E-state index is -0.141. The first kappa shape index (κ1) is 13.4. The monoisotopic (exact) mass is 278 g/mol. The number of hydrogen-bond donors (Lipinski definition) is 1. The maximum atomic E-state index is 12.3. The van der Waals surface area contributed by atoms with Gasteiger partial charge in [0.1, 0.15) is 5.82 Å². The van der Waals surface area contributed by atoms with E-state index in [4.69, 9.17) is 17.3 Å². The summed E-state index contributed by atoms with van der Waals surface area (Å²) in [5, 5.41) is 0.453. The number of imidazole rings is 1. The number of halogens is 1. The zero-order chi connectivity index (χ0) is 14.0. The summed E-state index contributed by atoms with van der Waals surface area (Å²) in [7, 11) is 3.60. The lowest BCUT2D eigenvalue weighted by Gasteiger charge is -2.17. The number of nitrogen functional groups attached to an aromatic ring is 1. The van der Waals surface area contributed by atoms with Crippen LogP contribution in [0.3, 0.4) is 0 Å². The van der Waals surface area contributed by atoms with Gasteiger partial charge in [0, 0.05) is 42.8 Å². The third-order valence-corrected chi connectivity index (χ3v) is 3.03. The smallest absolute Gasteiger partial charge is 0.254 e. The number of nitrogens with zero attached hydrogens (tertiary/aromatic N) is 3. The predicted octanol–water partition coefficient (Wildman–Crippen LogP) is 1.93. The summed E-state index contributed by atoms with van der Waals surface area (Å²) < 4.78 is 1.87. The van der Waals surface area contributed by atoms with Crippen LogP contribution in [0.4, 0.5) is 5.69 Å². The maximum absolute atomic E-state index is 12.3. The molecule has 6 heteroatoms. The number of amides is 1. The van der Waals surface area contributed by atoms with Crippen molar-refractivity contribution in [3.8, 4) is 0 Å². The van der Waals surface area contributed by atoms with Crippen LogP contribution in [-0.4, -0.2) is 27.4 Å². The average molecular weight is 279 g/mol. The lowest BCUT2D eigenvalue weighted by molar-refractivity contribution is 0.0780. The fourth-order valence-corrected chi connectivity index (χ4v) is 2.03. The normalized spacial score (nSPS) is 10.5. The van der Waals surface area contributed by atoms with Gasteiger partial charge in [0.05, 0.1) is 6.54 Å². The van der Waals surface area contributed by atoms with Crippen molar-refractivity contribution < 1.29 is 4.79 Å². The summed E-state index contributed by atoms with van der Waals surface area (Å²) in [6.07, 6.45) is 3.54. The zero-order valence-corrected chi connectivity index (χ0v) is 11.6. The number of carbonyl (C=O) groups excluding carboxylic acids is 1. The molecule has 2 N–H and O–H groups in total. The Kier molecular flexibility index (Phi) is 3.76. The lowest BCUT2D eigenvalue weighted by atomic mass is 10.2. The summed E-state index contributed by atoms with van der Waals surface area (Å²) in [5.74, 6) is 0.669. The van der Waals surface area contributed by atoms with Crippen molar-refractivity contribution in [2.45, 2.75) is 6.54 Å². The summed E-state index contributed by atoms with van der Waals surface area (Å²) in [4.78, 5) is 18.0. The first-order valence-corrected chi connectivity index (χ1v) is 6.13. The Balaban J connectivity index is 2.17.